The van der Waals surface area contributed by atoms with Gasteiger partial charge in [-0.3, -0.25) is 0 Å². The molecule has 0 saturated carbocycles. The lowest BCUT2D eigenvalue weighted by Crippen LogP contribution is -1.97. The number of nitrogens with zero attached hydrogens (tertiary/aromatic N) is 1. The van der Waals surface area contributed by atoms with Crippen LogP contribution in [0.5, 0.6) is 5.75 Å². The van der Waals surface area contributed by atoms with E-state index in [1.165, 1.54) is 6.21 Å². The molecule has 0 aliphatic carbocycles. The summed E-state index contributed by atoms with van der Waals surface area (Å²) in [5, 5.41) is 13.4. The third-order valence-corrected chi connectivity index (χ3v) is 2.77. The second kappa shape index (κ2) is 6.88. The van der Waals surface area contributed by atoms with Crippen LogP contribution < -0.4 is 0 Å². The average molecular weight is 353 g/mol. The number of phenolic OH excluding ortho intramolecular Hbond substituents is 1. The monoisotopic (exact) mass is 351 g/mol. The summed E-state index contributed by atoms with van der Waals surface area (Å²) in [7, 11) is 1.59. The Kier molecular flexibility index (Phi) is 5.79. The van der Waals surface area contributed by atoms with Gasteiger partial charge in [-0.15, -0.1) is 0 Å². The molecule has 0 radical (unpaired) electrons. The lowest BCUT2D eigenvalue weighted by Gasteiger charge is -2.02. The van der Waals surface area contributed by atoms with Crippen LogP contribution in [-0.2, 0) is 9.57 Å². The molecular formula is C10H11Br2NO3. The van der Waals surface area contributed by atoms with Gasteiger partial charge in [-0.1, -0.05) is 21.1 Å². The minimum absolute atomic E-state index is 0.127. The van der Waals surface area contributed by atoms with Crippen LogP contribution in [0.2, 0.25) is 0 Å². The third kappa shape index (κ3) is 4.11. The molecule has 0 saturated heterocycles. The van der Waals surface area contributed by atoms with E-state index in [9.17, 15) is 5.11 Å². The SMILES string of the molecule is COCCO/N=C/c1cc(Br)cc(Br)c1O. The van der Waals surface area contributed by atoms with Gasteiger partial charge in [0.1, 0.15) is 12.4 Å². The zero-order chi connectivity index (χ0) is 12.0. The summed E-state index contributed by atoms with van der Waals surface area (Å²) in [6.45, 7) is 0.856. The van der Waals surface area contributed by atoms with E-state index in [-0.39, 0.29) is 5.75 Å². The first-order valence-corrected chi connectivity index (χ1v) is 6.06. The number of oxime groups is 1. The summed E-state index contributed by atoms with van der Waals surface area (Å²) >= 11 is 6.55. The van der Waals surface area contributed by atoms with Crippen LogP contribution in [-0.4, -0.2) is 31.6 Å². The van der Waals surface area contributed by atoms with Crippen molar-refractivity contribution in [3.63, 3.8) is 0 Å². The Bertz CT molecular complexity index is 383. The average Bonchev–Trinajstić information content (AvgIpc) is 2.24. The van der Waals surface area contributed by atoms with E-state index in [1.54, 1.807) is 19.2 Å². The fourth-order valence-electron chi connectivity index (χ4n) is 0.952. The number of phenols is 1. The van der Waals surface area contributed by atoms with Crippen molar-refractivity contribution in [2.45, 2.75) is 0 Å². The number of benzene rings is 1. The zero-order valence-electron chi connectivity index (χ0n) is 8.61. The first-order valence-electron chi connectivity index (χ1n) is 4.47. The Hall–Kier alpha value is -0.590. The molecular weight excluding hydrogens is 342 g/mol. The summed E-state index contributed by atoms with van der Waals surface area (Å²) in [6.07, 6.45) is 1.44. The number of hydrogen-bond donors (Lipinski definition) is 1. The van der Waals surface area contributed by atoms with Crippen molar-refractivity contribution in [2.24, 2.45) is 5.16 Å². The van der Waals surface area contributed by atoms with Crippen LogP contribution in [0.4, 0.5) is 0 Å². The summed E-state index contributed by atoms with van der Waals surface area (Å²) < 4.78 is 6.23. The molecule has 1 rings (SSSR count). The van der Waals surface area contributed by atoms with E-state index >= 15 is 0 Å². The molecule has 0 atom stereocenters. The number of ether oxygens (including phenoxy) is 1. The molecule has 6 heteroatoms. The highest BCUT2D eigenvalue weighted by atomic mass is 79.9. The van der Waals surface area contributed by atoms with Gasteiger partial charge in [0.25, 0.3) is 0 Å². The summed E-state index contributed by atoms with van der Waals surface area (Å²) in [5.74, 6) is 0.127. The van der Waals surface area contributed by atoms with Crippen LogP contribution in [0.15, 0.2) is 26.2 Å². The Labute approximate surface area is 110 Å². The maximum absolute atomic E-state index is 9.69. The van der Waals surface area contributed by atoms with Gasteiger partial charge in [0.05, 0.1) is 17.3 Å². The van der Waals surface area contributed by atoms with Gasteiger partial charge in [-0.2, -0.15) is 0 Å². The van der Waals surface area contributed by atoms with Crippen molar-refractivity contribution in [3.8, 4) is 5.75 Å². The molecule has 0 amide bonds. The third-order valence-electron chi connectivity index (χ3n) is 1.70. The highest BCUT2D eigenvalue weighted by Crippen LogP contribution is 2.30. The van der Waals surface area contributed by atoms with Gasteiger partial charge in [-0.05, 0) is 28.1 Å². The van der Waals surface area contributed by atoms with Crippen molar-refractivity contribution in [2.75, 3.05) is 20.3 Å². The standard InChI is InChI=1S/C10H11Br2NO3/c1-15-2-3-16-13-6-7-4-8(11)5-9(12)10(7)14/h4-6,14H,2-3H2,1H3/b13-6+. The van der Waals surface area contributed by atoms with Gasteiger partial charge in [0.2, 0.25) is 0 Å². The molecule has 0 fully saturated rings. The summed E-state index contributed by atoms with van der Waals surface area (Å²) in [6, 6.07) is 3.49. The molecule has 16 heavy (non-hydrogen) atoms. The van der Waals surface area contributed by atoms with Crippen molar-refractivity contribution >= 4 is 38.1 Å². The van der Waals surface area contributed by atoms with Crippen molar-refractivity contribution < 1.29 is 14.7 Å². The fourth-order valence-corrected chi connectivity index (χ4v) is 2.21. The molecule has 0 bridgehead atoms. The van der Waals surface area contributed by atoms with Crippen LogP contribution >= 0.6 is 31.9 Å². The van der Waals surface area contributed by atoms with E-state index < -0.39 is 0 Å². The molecule has 0 aromatic heterocycles. The number of halogens is 2. The lowest BCUT2D eigenvalue weighted by molar-refractivity contribution is 0.0759. The fraction of sp³-hybridized carbons (Fsp3) is 0.300. The van der Waals surface area contributed by atoms with E-state index in [0.717, 1.165) is 4.47 Å². The maximum atomic E-state index is 9.69. The van der Waals surface area contributed by atoms with Crippen molar-refractivity contribution in [3.05, 3.63) is 26.6 Å². The highest BCUT2D eigenvalue weighted by molar-refractivity contribution is 9.11. The molecule has 0 aliphatic rings. The minimum atomic E-state index is 0.127. The Morgan fingerprint density at radius 2 is 2.12 bits per heavy atom. The van der Waals surface area contributed by atoms with Gasteiger partial charge >= 0.3 is 0 Å². The maximum Gasteiger partial charge on any atom is 0.140 e. The Morgan fingerprint density at radius 1 is 1.38 bits per heavy atom. The Balaban J connectivity index is 2.66. The molecule has 0 heterocycles. The van der Waals surface area contributed by atoms with Crippen LogP contribution in [0.1, 0.15) is 5.56 Å². The largest absolute Gasteiger partial charge is 0.506 e. The number of rotatable bonds is 5. The van der Waals surface area contributed by atoms with E-state index in [4.69, 9.17) is 9.57 Å². The van der Waals surface area contributed by atoms with E-state index in [2.05, 4.69) is 37.0 Å². The summed E-state index contributed by atoms with van der Waals surface area (Å²) in [4.78, 5) is 4.92. The molecule has 0 spiro atoms. The topological polar surface area (TPSA) is 51.0 Å². The lowest BCUT2D eigenvalue weighted by atomic mass is 10.2. The number of aromatic hydroxyl groups is 1. The molecule has 1 aromatic carbocycles. The highest BCUT2D eigenvalue weighted by Gasteiger charge is 2.05. The molecule has 0 unspecified atom stereocenters. The molecule has 1 aromatic rings. The van der Waals surface area contributed by atoms with Gasteiger partial charge < -0.3 is 14.7 Å². The smallest absolute Gasteiger partial charge is 0.140 e. The predicted octanol–water partition coefficient (Wildman–Crippen LogP) is 2.91. The van der Waals surface area contributed by atoms with Crippen LogP contribution in [0.3, 0.4) is 0 Å². The molecule has 0 aliphatic heterocycles. The number of methoxy groups -OCH3 is 1. The Morgan fingerprint density at radius 3 is 2.81 bits per heavy atom. The first-order chi connectivity index (χ1) is 7.65. The second-order valence-electron chi connectivity index (χ2n) is 2.89. The van der Waals surface area contributed by atoms with Crippen molar-refractivity contribution in [1.29, 1.82) is 0 Å². The summed E-state index contributed by atoms with van der Waals surface area (Å²) in [5.41, 5.74) is 0.568. The van der Waals surface area contributed by atoms with Gasteiger partial charge in [0.15, 0.2) is 0 Å². The zero-order valence-corrected chi connectivity index (χ0v) is 11.8. The first kappa shape index (κ1) is 13.5. The number of hydrogen-bond acceptors (Lipinski definition) is 4. The molecule has 88 valence electrons. The van der Waals surface area contributed by atoms with E-state index in [0.29, 0.717) is 23.2 Å². The van der Waals surface area contributed by atoms with Crippen LogP contribution in [0.25, 0.3) is 0 Å². The normalized spacial score (nSPS) is 10.9. The second-order valence-corrected chi connectivity index (χ2v) is 4.66. The predicted molar refractivity (Wildman–Crippen MR) is 68.9 cm³/mol. The quantitative estimate of drug-likeness (QED) is 0.503. The van der Waals surface area contributed by atoms with Crippen LogP contribution in [0, 0.1) is 0 Å². The minimum Gasteiger partial charge on any atom is -0.506 e. The van der Waals surface area contributed by atoms with Gasteiger partial charge in [-0.25, -0.2) is 0 Å². The molecule has 4 nitrogen and oxygen atoms in total. The van der Waals surface area contributed by atoms with Crippen molar-refractivity contribution in [1.82, 2.24) is 0 Å². The van der Waals surface area contributed by atoms with Gasteiger partial charge in [0, 0.05) is 17.1 Å². The van der Waals surface area contributed by atoms with E-state index in [1.807, 2.05) is 0 Å². The molecule has 1 N–H and O–H groups in total.